The maximum atomic E-state index is 12.9. The van der Waals surface area contributed by atoms with E-state index in [1.165, 1.54) is 0 Å². The fourth-order valence-electron chi connectivity index (χ4n) is 3.18. The molecular formula is C17H18BrClF3NO3. The van der Waals surface area contributed by atoms with Gasteiger partial charge in [0.25, 0.3) is 0 Å². The molecule has 1 aromatic carbocycles. The Bertz CT molecular complexity index is 688. The molecule has 144 valence electrons. The van der Waals surface area contributed by atoms with Gasteiger partial charge in [0.05, 0.1) is 19.4 Å². The second-order valence-corrected chi connectivity index (χ2v) is 7.67. The van der Waals surface area contributed by atoms with Crippen molar-refractivity contribution in [1.82, 2.24) is 5.32 Å². The number of nitrogens with one attached hydrogen (secondary N) is 1. The fraction of sp³-hybridized carbons (Fsp3) is 0.529. The average Bonchev–Trinajstić information content (AvgIpc) is 2.57. The quantitative estimate of drug-likeness (QED) is 0.682. The maximum Gasteiger partial charge on any atom is 0.391 e. The number of amides is 1. The van der Waals surface area contributed by atoms with Crippen molar-refractivity contribution in [1.29, 1.82) is 0 Å². The van der Waals surface area contributed by atoms with E-state index < -0.39 is 29.5 Å². The molecule has 0 saturated heterocycles. The summed E-state index contributed by atoms with van der Waals surface area (Å²) in [4.78, 5) is 24.6. The van der Waals surface area contributed by atoms with Gasteiger partial charge in [-0.1, -0.05) is 27.5 Å². The molecule has 2 rings (SSSR count). The van der Waals surface area contributed by atoms with Crippen molar-refractivity contribution in [3.05, 3.63) is 33.3 Å². The summed E-state index contributed by atoms with van der Waals surface area (Å²) >= 11 is 9.34. The lowest BCUT2D eigenvalue weighted by molar-refractivity contribution is -0.188. The molecular weight excluding hydrogens is 439 g/mol. The molecule has 0 heterocycles. The van der Waals surface area contributed by atoms with Crippen molar-refractivity contribution >= 4 is 39.4 Å². The van der Waals surface area contributed by atoms with Crippen molar-refractivity contribution in [2.24, 2.45) is 5.92 Å². The zero-order chi connectivity index (χ0) is 19.5. The number of esters is 1. The van der Waals surface area contributed by atoms with E-state index in [-0.39, 0.29) is 32.1 Å². The predicted octanol–water partition coefficient (Wildman–Crippen LogP) is 4.43. The Labute approximate surface area is 162 Å². The van der Waals surface area contributed by atoms with Gasteiger partial charge < -0.3 is 10.1 Å². The average molecular weight is 457 g/mol. The van der Waals surface area contributed by atoms with E-state index in [2.05, 4.69) is 21.2 Å². The molecule has 0 atom stereocenters. The third-order valence-electron chi connectivity index (χ3n) is 4.62. The monoisotopic (exact) mass is 455 g/mol. The van der Waals surface area contributed by atoms with Gasteiger partial charge >= 0.3 is 12.1 Å². The minimum absolute atomic E-state index is 0.0975. The molecule has 1 N–H and O–H groups in total. The molecule has 0 aliphatic heterocycles. The van der Waals surface area contributed by atoms with Gasteiger partial charge in [-0.05, 0) is 49.4 Å². The molecule has 0 spiro atoms. The molecule has 1 saturated carbocycles. The Morgan fingerprint density at radius 2 is 1.96 bits per heavy atom. The summed E-state index contributed by atoms with van der Waals surface area (Å²) in [5.41, 5.74) is -0.894. The van der Waals surface area contributed by atoms with Crippen LogP contribution in [0.3, 0.4) is 0 Å². The van der Waals surface area contributed by atoms with Crippen molar-refractivity contribution in [2.75, 3.05) is 7.11 Å². The molecule has 0 aromatic heterocycles. The lowest BCUT2D eigenvalue weighted by Gasteiger charge is -2.38. The summed E-state index contributed by atoms with van der Waals surface area (Å²) in [6, 6.07) is 5.02. The van der Waals surface area contributed by atoms with Crippen molar-refractivity contribution < 1.29 is 27.5 Å². The van der Waals surface area contributed by atoms with Crippen LogP contribution in [0.15, 0.2) is 22.7 Å². The molecule has 1 aromatic rings. The van der Waals surface area contributed by atoms with Crippen molar-refractivity contribution in [3.8, 4) is 0 Å². The zero-order valence-corrected chi connectivity index (χ0v) is 16.3. The van der Waals surface area contributed by atoms with E-state index in [0.29, 0.717) is 10.6 Å². The molecule has 0 bridgehead atoms. The fourth-order valence-corrected chi connectivity index (χ4v) is 3.77. The SMILES string of the molecule is COC(=O)[C@]1(NC(=O)Cc2cc(Br)ccc2Cl)CC[C@@H](C(F)(F)F)CC1. The second-order valence-electron chi connectivity index (χ2n) is 6.35. The first-order valence-corrected chi connectivity index (χ1v) is 9.14. The van der Waals surface area contributed by atoms with Crippen LogP contribution in [0.25, 0.3) is 0 Å². The lowest BCUT2D eigenvalue weighted by atomic mass is 9.76. The third-order valence-corrected chi connectivity index (χ3v) is 5.48. The van der Waals surface area contributed by atoms with Crippen LogP contribution >= 0.6 is 27.5 Å². The molecule has 0 unspecified atom stereocenters. The summed E-state index contributed by atoms with van der Waals surface area (Å²) in [5.74, 6) is -2.70. The Hall–Kier alpha value is -1.28. The van der Waals surface area contributed by atoms with Crippen LogP contribution in [0.5, 0.6) is 0 Å². The summed E-state index contributed by atoms with van der Waals surface area (Å²) in [6.45, 7) is 0. The van der Waals surface area contributed by atoms with Gasteiger partial charge in [0.2, 0.25) is 5.91 Å². The van der Waals surface area contributed by atoms with Gasteiger partial charge in [-0.2, -0.15) is 13.2 Å². The first-order chi connectivity index (χ1) is 12.1. The first kappa shape index (κ1) is 21.0. The maximum absolute atomic E-state index is 12.9. The number of rotatable bonds is 4. The van der Waals surface area contributed by atoms with Crippen molar-refractivity contribution in [2.45, 2.75) is 43.8 Å². The normalized spacial score (nSPS) is 23.4. The number of benzene rings is 1. The standard InChI is InChI=1S/C17H18BrClF3NO3/c1-26-15(25)16(6-4-11(5-7-16)17(20,21)22)23-14(24)9-10-8-12(18)2-3-13(10)19/h2-3,8,11H,4-7,9H2,1H3,(H,23,24)/t11-,16+. The van der Waals surface area contributed by atoms with Crippen LogP contribution in [0.2, 0.25) is 5.02 Å². The van der Waals surface area contributed by atoms with E-state index in [1.54, 1.807) is 18.2 Å². The number of carbonyl (C=O) groups is 2. The zero-order valence-electron chi connectivity index (χ0n) is 14.0. The minimum Gasteiger partial charge on any atom is -0.467 e. The largest absolute Gasteiger partial charge is 0.467 e. The van der Waals surface area contributed by atoms with Crippen LogP contribution in [-0.2, 0) is 20.7 Å². The Morgan fingerprint density at radius 3 is 2.50 bits per heavy atom. The highest BCUT2D eigenvalue weighted by atomic mass is 79.9. The number of halogens is 5. The number of methoxy groups -OCH3 is 1. The highest BCUT2D eigenvalue weighted by Crippen LogP contribution is 2.41. The van der Waals surface area contributed by atoms with Crippen LogP contribution in [0.4, 0.5) is 13.2 Å². The van der Waals surface area contributed by atoms with Gasteiger partial charge in [0.1, 0.15) is 5.54 Å². The molecule has 26 heavy (non-hydrogen) atoms. The summed E-state index contributed by atoms with van der Waals surface area (Å²) in [7, 11) is 1.15. The number of hydrogen-bond donors (Lipinski definition) is 1. The summed E-state index contributed by atoms with van der Waals surface area (Å²) < 4.78 is 44.1. The molecule has 0 radical (unpaired) electrons. The molecule has 1 amide bonds. The van der Waals surface area contributed by atoms with Crippen LogP contribution in [-0.4, -0.2) is 30.7 Å². The van der Waals surface area contributed by atoms with Gasteiger partial charge in [0, 0.05) is 9.50 Å². The van der Waals surface area contributed by atoms with Gasteiger partial charge in [0.15, 0.2) is 0 Å². The van der Waals surface area contributed by atoms with E-state index in [0.717, 1.165) is 11.6 Å². The minimum atomic E-state index is -4.31. The van der Waals surface area contributed by atoms with Gasteiger partial charge in [-0.3, -0.25) is 4.79 Å². The number of carbonyl (C=O) groups excluding carboxylic acids is 2. The van der Waals surface area contributed by atoms with Crippen LogP contribution in [0.1, 0.15) is 31.2 Å². The highest BCUT2D eigenvalue weighted by molar-refractivity contribution is 9.10. The van der Waals surface area contributed by atoms with E-state index in [4.69, 9.17) is 16.3 Å². The van der Waals surface area contributed by atoms with E-state index >= 15 is 0 Å². The summed E-state index contributed by atoms with van der Waals surface area (Å²) in [6.07, 6.45) is -5.13. The first-order valence-electron chi connectivity index (χ1n) is 7.97. The molecule has 1 fully saturated rings. The van der Waals surface area contributed by atoms with Crippen LogP contribution in [0, 0.1) is 5.92 Å². The smallest absolute Gasteiger partial charge is 0.391 e. The van der Waals surface area contributed by atoms with E-state index in [9.17, 15) is 22.8 Å². The Morgan fingerprint density at radius 1 is 1.35 bits per heavy atom. The van der Waals surface area contributed by atoms with Crippen molar-refractivity contribution in [3.63, 3.8) is 0 Å². The number of alkyl halides is 3. The topological polar surface area (TPSA) is 55.4 Å². The molecule has 9 heteroatoms. The molecule has 4 nitrogen and oxygen atoms in total. The lowest BCUT2D eigenvalue weighted by Crippen LogP contribution is -2.58. The van der Waals surface area contributed by atoms with E-state index in [1.807, 2.05) is 0 Å². The highest BCUT2D eigenvalue weighted by Gasteiger charge is 2.50. The molecule has 1 aliphatic rings. The van der Waals surface area contributed by atoms with Gasteiger partial charge in [-0.25, -0.2) is 4.79 Å². The number of ether oxygens (including phenoxy) is 1. The predicted molar refractivity (Wildman–Crippen MR) is 93.8 cm³/mol. The third kappa shape index (κ3) is 4.91. The Kier molecular flexibility index (Phi) is 6.60. The van der Waals surface area contributed by atoms with Crippen LogP contribution < -0.4 is 5.32 Å². The molecule has 1 aliphatic carbocycles. The second kappa shape index (κ2) is 8.17. The number of hydrogen-bond acceptors (Lipinski definition) is 3. The Balaban J connectivity index is 2.12. The summed E-state index contributed by atoms with van der Waals surface area (Å²) in [5, 5.41) is 2.98. The van der Waals surface area contributed by atoms with Gasteiger partial charge in [-0.15, -0.1) is 0 Å².